The zero-order valence-corrected chi connectivity index (χ0v) is 41.9. The quantitative estimate of drug-likeness (QED) is 0.0982. The molecule has 11 rings (SSSR count). The van der Waals surface area contributed by atoms with Crippen LogP contribution in [0.4, 0.5) is 17.1 Å². The molecule has 0 spiro atoms. The number of hydrogen-bond donors (Lipinski definition) is 0. The summed E-state index contributed by atoms with van der Waals surface area (Å²) < 4.78 is 0. The van der Waals surface area contributed by atoms with E-state index < -0.39 is 0 Å². The number of benzene rings is 11. The van der Waals surface area contributed by atoms with Crippen LogP contribution < -0.4 is 4.90 Å². The maximum absolute atomic E-state index is 2.36. The predicted octanol–water partition coefficient (Wildman–Crippen LogP) is 19.6. The highest BCUT2D eigenvalue weighted by molar-refractivity contribution is 6.06. The van der Waals surface area contributed by atoms with Gasteiger partial charge in [0.15, 0.2) is 0 Å². The second kappa shape index (κ2) is 22.0. The first-order valence-corrected chi connectivity index (χ1v) is 25.7. The maximum Gasteiger partial charge on any atom is 0.0462 e. The van der Waals surface area contributed by atoms with Gasteiger partial charge in [-0.3, -0.25) is 0 Å². The lowest BCUT2D eigenvalue weighted by molar-refractivity contribution is 0.866. The Morgan fingerprint density at radius 1 is 0.216 bits per heavy atom. The fraction of sp³-hybridized carbons (Fsp3) is 0.0411. The third kappa shape index (κ3) is 10.2. The first-order chi connectivity index (χ1) is 36.6. The van der Waals surface area contributed by atoms with Gasteiger partial charge in [0.1, 0.15) is 0 Å². The van der Waals surface area contributed by atoms with Crippen LogP contribution in [-0.2, 0) is 0 Å². The Balaban J connectivity index is 0.918. The summed E-state index contributed by atoms with van der Waals surface area (Å²) in [7, 11) is 0. The van der Waals surface area contributed by atoms with Crippen LogP contribution in [0.5, 0.6) is 0 Å². The zero-order valence-electron chi connectivity index (χ0n) is 41.9. The summed E-state index contributed by atoms with van der Waals surface area (Å²) >= 11 is 0. The number of rotatable bonds is 14. The summed E-state index contributed by atoms with van der Waals surface area (Å²) in [6, 6.07) is 110. The molecule has 11 aromatic rings. The molecule has 0 aliphatic heterocycles. The standard InChI is InChI=1S/C73H57N/c1-53(2)54-41-47-67(48-42-54)74(68-49-43-57(44-50-68)55-33-37-65(38-34-55)72(63-29-17-7-18-30-63)70(59-21-9-3-10-22-59)60-23-11-4-12-24-60)69-51-45-58(46-52-69)56-35-39-66(40-36-56)73(64-31-19-8-20-32-64)71(61-25-13-5-14-26-61)62-27-15-6-16-28-62/h3-53H,1-2H3. The molecule has 0 aliphatic rings. The molecule has 0 saturated heterocycles. The Kier molecular flexibility index (Phi) is 14.0. The summed E-state index contributed by atoms with van der Waals surface area (Å²) in [4.78, 5) is 2.36. The molecule has 0 fully saturated rings. The fourth-order valence-electron chi connectivity index (χ4n) is 10.2. The first kappa shape index (κ1) is 47.0. The highest BCUT2D eigenvalue weighted by atomic mass is 15.1. The topological polar surface area (TPSA) is 3.24 Å². The van der Waals surface area contributed by atoms with Crippen LogP contribution in [-0.4, -0.2) is 0 Å². The lowest BCUT2D eigenvalue weighted by Gasteiger charge is -2.26. The lowest BCUT2D eigenvalue weighted by Crippen LogP contribution is -2.10. The third-order valence-electron chi connectivity index (χ3n) is 14.0. The Morgan fingerprint density at radius 3 is 0.622 bits per heavy atom. The smallest absolute Gasteiger partial charge is 0.0462 e. The van der Waals surface area contributed by atoms with Crippen molar-refractivity contribution in [1.29, 1.82) is 0 Å². The van der Waals surface area contributed by atoms with Crippen molar-refractivity contribution in [2.45, 2.75) is 19.8 Å². The minimum atomic E-state index is 0.443. The van der Waals surface area contributed by atoms with E-state index >= 15 is 0 Å². The molecule has 11 aromatic carbocycles. The van der Waals surface area contributed by atoms with Crippen LogP contribution in [0.1, 0.15) is 69.8 Å². The minimum Gasteiger partial charge on any atom is -0.311 e. The van der Waals surface area contributed by atoms with Crippen molar-refractivity contribution in [2.75, 3.05) is 4.90 Å². The van der Waals surface area contributed by atoms with Crippen LogP contribution >= 0.6 is 0 Å². The van der Waals surface area contributed by atoms with Crippen molar-refractivity contribution in [3.8, 4) is 22.3 Å². The Hall–Kier alpha value is -9.30. The number of hydrogen-bond acceptors (Lipinski definition) is 1. The highest BCUT2D eigenvalue weighted by Gasteiger charge is 2.19. The van der Waals surface area contributed by atoms with Crippen molar-refractivity contribution < 1.29 is 0 Å². The van der Waals surface area contributed by atoms with Crippen molar-refractivity contribution in [3.63, 3.8) is 0 Å². The Morgan fingerprint density at radius 2 is 0.405 bits per heavy atom. The second-order valence-corrected chi connectivity index (χ2v) is 19.0. The van der Waals surface area contributed by atoms with Crippen LogP contribution in [0, 0.1) is 0 Å². The monoisotopic (exact) mass is 947 g/mol. The normalized spacial score (nSPS) is 11.0. The maximum atomic E-state index is 2.36. The summed E-state index contributed by atoms with van der Waals surface area (Å²) in [6.07, 6.45) is 0. The van der Waals surface area contributed by atoms with Gasteiger partial charge >= 0.3 is 0 Å². The second-order valence-electron chi connectivity index (χ2n) is 19.0. The van der Waals surface area contributed by atoms with E-state index in [9.17, 15) is 0 Å². The predicted molar refractivity (Wildman–Crippen MR) is 315 cm³/mol. The van der Waals surface area contributed by atoms with E-state index in [1.165, 1.54) is 83.5 Å². The highest BCUT2D eigenvalue weighted by Crippen LogP contribution is 2.41. The summed E-state index contributed by atoms with van der Waals surface area (Å²) in [5.41, 5.74) is 23.6. The summed E-state index contributed by atoms with van der Waals surface area (Å²) in [5.74, 6) is 0.443. The Bertz CT molecular complexity index is 3310. The van der Waals surface area contributed by atoms with Gasteiger partial charge in [0.2, 0.25) is 0 Å². The van der Waals surface area contributed by atoms with Crippen molar-refractivity contribution in [2.24, 2.45) is 0 Å². The van der Waals surface area contributed by atoms with Gasteiger partial charge in [0, 0.05) is 17.1 Å². The molecule has 354 valence electrons. The van der Waals surface area contributed by atoms with Gasteiger partial charge in [0.05, 0.1) is 0 Å². The lowest BCUT2D eigenvalue weighted by atomic mass is 9.85. The SMILES string of the molecule is CC(C)c1ccc(N(c2ccc(-c3ccc(C(=C(c4ccccc4)c4ccccc4)c4ccccc4)cc3)cc2)c2ccc(-c3ccc(C(=C(c4ccccc4)c4ccccc4)c4ccccc4)cc3)cc2)cc1. The molecule has 0 saturated carbocycles. The molecule has 0 amide bonds. The molecular weight excluding hydrogens is 891 g/mol. The van der Waals surface area contributed by atoms with E-state index in [1.807, 2.05) is 0 Å². The van der Waals surface area contributed by atoms with Crippen molar-refractivity contribution in [3.05, 3.63) is 353 Å². The van der Waals surface area contributed by atoms with Crippen LogP contribution in [0.3, 0.4) is 0 Å². The molecule has 0 atom stereocenters. The molecule has 0 radical (unpaired) electrons. The molecule has 1 nitrogen and oxygen atoms in total. The van der Waals surface area contributed by atoms with Crippen molar-refractivity contribution >= 4 is 39.4 Å². The average molecular weight is 948 g/mol. The average Bonchev–Trinajstić information content (AvgIpc) is 3.48. The molecule has 0 aliphatic carbocycles. The molecule has 0 bridgehead atoms. The first-order valence-electron chi connectivity index (χ1n) is 25.7. The van der Waals surface area contributed by atoms with Gasteiger partial charge < -0.3 is 4.90 Å². The number of nitrogens with zero attached hydrogens (tertiary/aromatic N) is 1. The van der Waals surface area contributed by atoms with Crippen LogP contribution in [0.2, 0.25) is 0 Å². The van der Waals surface area contributed by atoms with E-state index in [4.69, 9.17) is 0 Å². The molecule has 0 unspecified atom stereocenters. The van der Waals surface area contributed by atoms with E-state index in [2.05, 4.69) is 322 Å². The van der Waals surface area contributed by atoms with Gasteiger partial charge in [-0.25, -0.2) is 0 Å². The molecule has 74 heavy (non-hydrogen) atoms. The summed E-state index contributed by atoms with van der Waals surface area (Å²) in [6.45, 7) is 4.50. The van der Waals surface area contributed by atoms with E-state index in [1.54, 1.807) is 0 Å². The fourth-order valence-corrected chi connectivity index (χ4v) is 10.2. The van der Waals surface area contributed by atoms with Gasteiger partial charge in [-0.05, 0) is 137 Å². The molecule has 0 heterocycles. The number of anilines is 3. The summed E-state index contributed by atoms with van der Waals surface area (Å²) in [5, 5.41) is 0. The largest absolute Gasteiger partial charge is 0.311 e. The third-order valence-corrected chi connectivity index (χ3v) is 14.0. The molecule has 1 heteroatoms. The van der Waals surface area contributed by atoms with E-state index in [0.717, 1.165) is 28.2 Å². The Labute approximate surface area is 437 Å². The van der Waals surface area contributed by atoms with E-state index in [-0.39, 0.29) is 0 Å². The van der Waals surface area contributed by atoms with Crippen LogP contribution in [0.15, 0.2) is 303 Å². The van der Waals surface area contributed by atoms with E-state index in [0.29, 0.717) is 5.92 Å². The van der Waals surface area contributed by atoms with Crippen LogP contribution in [0.25, 0.3) is 44.5 Å². The molecule has 0 N–H and O–H groups in total. The zero-order chi connectivity index (χ0) is 50.1. The molecular formula is C73H57N. The molecule has 0 aromatic heterocycles. The van der Waals surface area contributed by atoms with Gasteiger partial charge in [-0.1, -0.05) is 281 Å². The van der Waals surface area contributed by atoms with Gasteiger partial charge in [-0.15, -0.1) is 0 Å². The van der Waals surface area contributed by atoms with Crippen molar-refractivity contribution in [1.82, 2.24) is 0 Å². The minimum absolute atomic E-state index is 0.443. The van der Waals surface area contributed by atoms with Gasteiger partial charge in [0.25, 0.3) is 0 Å². The van der Waals surface area contributed by atoms with Gasteiger partial charge in [-0.2, -0.15) is 0 Å².